The van der Waals surface area contributed by atoms with E-state index in [1.165, 1.54) is 5.56 Å². The Morgan fingerprint density at radius 1 is 1.34 bits per heavy atom. The molecule has 156 valence electrons. The molecule has 2 unspecified atom stereocenters. The first-order valence-corrected chi connectivity index (χ1v) is 10.6. The van der Waals surface area contributed by atoms with Gasteiger partial charge in [0.05, 0.1) is 23.0 Å². The zero-order valence-corrected chi connectivity index (χ0v) is 19.0. The van der Waals surface area contributed by atoms with Crippen LogP contribution in [0.25, 0.3) is 5.57 Å². The van der Waals surface area contributed by atoms with E-state index in [0.29, 0.717) is 12.0 Å². The zero-order chi connectivity index (χ0) is 22.0. The Balaban J connectivity index is 0.00000145. The molecule has 1 N–H and O–H groups in total. The third-order valence-electron chi connectivity index (χ3n) is 6.50. The minimum Gasteiger partial charge on any atom is -0.511 e. The number of rotatable bonds is 3. The molecule has 0 spiro atoms. The fraction of sp³-hybridized carbons (Fsp3) is 0.520. The third kappa shape index (κ3) is 3.48. The summed E-state index contributed by atoms with van der Waals surface area (Å²) in [5, 5.41) is 25.2. The van der Waals surface area contributed by atoms with E-state index in [4.69, 9.17) is 5.10 Å². The molecule has 1 heterocycles. The molecular weight excluding hydrogens is 358 g/mol. The van der Waals surface area contributed by atoms with Crippen molar-refractivity contribution in [3.63, 3.8) is 0 Å². The lowest BCUT2D eigenvalue weighted by molar-refractivity contribution is 0.0632. The van der Waals surface area contributed by atoms with E-state index in [2.05, 4.69) is 39.5 Å². The summed E-state index contributed by atoms with van der Waals surface area (Å²) in [5.74, 6) is 0.499. The van der Waals surface area contributed by atoms with Crippen LogP contribution in [0, 0.1) is 22.7 Å². The van der Waals surface area contributed by atoms with Crippen molar-refractivity contribution in [2.75, 3.05) is 0 Å². The van der Waals surface area contributed by atoms with Gasteiger partial charge in [-0.1, -0.05) is 65.5 Å². The molecule has 4 nitrogen and oxygen atoms in total. The van der Waals surface area contributed by atoms with E-state index < -0.39 is 5.41 Å². The molecule has 0 saturated heterocycles. The molecule has 3 rings (SSSR count). The van der Waals surface area contributed by atoms with E-state index in [-0.39, 0.29) is 17.1 Å². The average Bonchev–Trinajstić information content (AvgIpc) is 3.03. The number of hydrogen-bond donors (Lipinski definition) is 1. The summed E-state index contributed by atoms with van der Waals surface area (Å²) in [6, 6.07) is 2.24. The van der Waals surface area contributed by atoms with Crippen LogP contribution in [-0.4, -0.2) is 14.9 Å². The van der Waals surface area contributed by atoms with Gasteiger partial charge in [0.1, 0.15) is 5.76 Å². The molecule has 2 aliphatic carbocycles. The molecule has 0 amide bonds. The highest BCUT2D eigenvalue weighted by atomic mass is 16.3. The second kappa shape index (κ2) is 8.45. The van der Waals surface area contributed by atoms with Gasteiger partial charge in [0.15, 0.2) is 0 Å². The second-order valence-electron chi connectivity index (χ2n) is 8.50. The number of aliphatic hydroxyl groups is 1. The van der Waals surface area contributed by atoms with Gasteiger partial charge >= 0.3 is 0 Å². The number of aromatic nitrogens is 2. The number of aliphatic hydroxyl groups excluding tert-OH is 1. The van der Waals surface area contributed by atoms with Gasteiger partial charge in [-0.25, -0.2) is 0 Å². The van der Waals surface area contributed by atoms with E-state index in [9.17, 15) is 10.4 Å². The number of hydrogen-bond acceptors (Lipinski definition) is 3. The SMILES string of the molecule is C=C/C=C(\C=C/C)c1c2c(nn1C)C1(C)CC(C#N)=C(O)C(C)(C)C1CC2.CC. The van der Waals surface area contributed by atoms with Crippen LogP contribution in [0.3, 0.4) is 0 Å². The predicted molar refractivity (Wildman–Crippen MR) is 120 cm³/mol. The van der Waals surface area contributed by atoms with E-state index >= 15 is 0 Å². The number of aryl methyl sites for hydroxylation is 1. The highest BCUT2D eigenvalue weighted by Gasteiger charge is 2.55. The summed E-state index contributed by atoms with van der Waals surface area (Å²) in [7, 11) is 1.99. The normalized spacial score (nSPS) is 25.6. The van der Waals surface area contributed by atoms with Gasteiger partial charge in [0.25, 0.3) is 0 Å². The van der Waals surface area contributed by atoms with Gasteiger partial charge in [-0.15, -0.1) is 0 Å². The standard InChI is InChI=1S/C23H29N3O.C2H6/c1-7-9-15(10-8-2)19-17-11-12-18-22(3,4)21(27)16(14-24)13-23(18,5)20(17)25-26(19)6;1-2/h7-10,18,27H,1,11-13H2,2-6H3;1-2H3/b10-8-,15-9+;. The average molecular weight is 394 g/mol. The van der Waals surface area contributed by atoms with Crippen molar-refractivity contribution >= 4 is 5.57 Å². The maximum atomic E-state index is 10.7. The highest BCUT2D eigenvalue weighted by Crippen LogP contribution is 2.58. The fourth-order valence-electron chi connectivity index (χ4n) is 5.38. The smallest absolute Gasteiger partial charge is 0.112 e. The van der Waals surface area contributed by atoms with Crippen LogP contribution in [0.2, 0.25) is 0 Å². The highest BCUT2D eigenvalue weighted by molar-refractivity contribution is 5.76. The Labute approximate surface area is 175 Å². The topological polar surface area (TPSA) is 61.8 Å². The molecular formula is C25H35N3O. The number of allylic oxidation sites excluding steroid dienone is 7. The largest absolute Gasteiger partial charge is 0.511 e. The van der Waals surface area contributed by atoms with Crippen molar-refractivity contribution in [3.05, 3.63) is 59.2 Å². The fourth-order valence-corrected chi connectivity index (χ4v) is 5.38. The molecule has 4 heteroatoms. The van der Waals surface area contributed by atoms with Gasteiger partial charge in [0, 0.05) is 23.4 Å². The number of fused-ring (bicyclic) bond motifs is 3. The molecule has 0 aromatic carbocycles. The summed E-state index contributed by atoms with van der Waals surface area (Å²) >= 11 is 0. The second-order valence-corrected chi connectivity index (χ2v) is 8.50. The molecule has 29 heavy (non-hydrogen) atoms. The van der Waals surface area contributed by atoms with Crippen molar-refractivity contribution in [2.45, 2.75) is 66.2 Å². The van der Waals surface area contributed by atoms with Crippen molar-refractivity contribution in [3.8, 4) is 6.07 Å². The summed E-state index contributed by atoms with van der Waals surface area (Å²) in [5.41, 5.74) is 4.35. The Kier molecular flexibility index (Phi) is 6.63. The third-order valence-corrected chi connectivity index (χ3v) is 6.50. The summed E-state index contributed by atoms with van der Waals surface area (Å²) in [6.45, 7) is 16.2. The van der Waals surface area contributed by atoms with Crippen LogP contribution in [0.15, 0.2) is 42.2 Å². The first kappa shape index (κ1) is 22.7. The van der Waals surface area contributed by atoms with Gasteiger partial charge in [-0.2, -0.15) is 10.4 Å². The molecule has 1 aromatic heterocycles. The number of nitrogens with zero attached hydrogens (tertiary/aromatic N) is 3. The Morgan fingerprint density at radius 2 is 2.00 bits per heavy atom. The van der Waals surface area contributed by atoms with Crippen LogP contribution in [0.4, 0.5) is 0 Å². The van der Waals surface area contributed by atoms with Crippen LogP contribution in [0.5, 0.6) is 0 Å². The van der Waals surface area contributed by atoms with Crippen molar-refractivity contribution in [2.24, 2.45) is 18.4 Å². The predicted octanol–water partition coefficient (Wildman–Crippen LogP) is 6.18. The lowest BCUT2D eigenvalue weighted by Crippen LogP contribution is -2.49. The lowest BCUT2D eigenvalue weighted by atomic mass is 9.52. The minimum absolute atomic E-state index is 0.242. The monoisotopic (exact) mass is 393 g/mol. The van der Waals surface area contributed by atoms with Gasteiger partial charge < -0.3 is 5.11 Å². The molecule has 0 bridgehead atoms. The molecule has 0 aliphatic heterocycles. The summed E-state index contributed by atoms with van der Waals surface area (Å²) in [4.78, 5) is 0. The zero-order valence-electron chi connectivity index (χ0n) is 19.0. The molecule has 0 saturated carbocycles. The molecule has 0 radical (unpaired) electrons. The van der Waals surface area contributed by atoms with E-state index in [1.807, 2.05) is 44.7 Å². The van der Waals surface area contributed by atoms with Crippen molar-refractivity contribution < 1.29 is 5.11 Å². The van der Waals surface area contributed by atoms with Gasteiger partial charge in [-0.3, -0.25) is 4.68 Å². The van der Waals surface area contributed by atoms with E-state index in [0.717, 1.165) is 29.8 Å². The lowest BCUT2D eigenvalue weighted by Gasteiger charge is -2.51. The quantitative estimate of drug-likeness (QED) is 0.624. The number of nitriles is 1. The van der Waals surface area contributed by atoms with Crippen molar-refractivity contribution in [1.29, 1.82) is 5.26 Å². The maximum Gasteiger partial charge on any atom is 0.112 e. The van der Waals surface area contributed by atoms with Crippen LogP contribution >= 0.6 is 0 Å². The first-order chi connectivity index (χ1) is 13.7. The van der Waals surface area contributed by atoms with Gasteiger partial charge in [-0.05, 0) is 37.7 Å². The first-order valence-electron chi connectivity index (χ1n) is 10.6. The molecule has 0 fully saturated rings. The maximum absolute atomic E-state index is 10.7. The minimum atomic E-state index is -0.434. The van der Waals surface area contributed by atoms with Gasteiger partial charge in [0.2, 0.25) is 0 Å². The molecule has 2 atom stereocenters. The summed E-state index contributed by atoms with van der Waals surface area (Å²) in [6.07, 6.45) is 10.4. The van der Waals surface area contributed by atoms with Crippen LogP contribution in [-0.2, 0) is 18.9 Å². The van der Waals surface area contributed by atoms with Crippen LogP contribution in [0.1, 0.15) is 71.3 Å². The Bertz CT molecular complexity index is 921. The Hall–Kier alpha value is -2.54. The molecule has 1 aromatic rings. The Morgan fingerprint density at radius 3 is 2.55 bits per heavy atom. The molecule has 2 aliphatic rings. The van der Waals surface area contributed by atoms with Crippen molar-refractivity contribution in [1.82, 2.24) is 9.78 Å². The summed E-state index contributed by atoms with van der Waals surface area (Å²) < 4.78 is 1.96. The van der Waals surface area contributed by atoms with Crippen LogP contribution < -0.4 is 0 Å². The van der Waals surface area contributed by atoms with E-state index in [1.54, 1.807) is 6.08 Å².